The topological polar surface area (TPSA) is 79.4 Å². The van der Waals surface area contributed by atoms with Gasteiger partial charge in [0, 0.05) is 25.7 Å². The van der Waals surface area contributed by atoms with E-state index in [1.807, 2.05) is 70.1 Å². The Balaban J connectivity index is 0.00000353. The largest absolute Gasteiger partial charge is 0.375 e. The molecule has 39 heavy (non-hydrogen) atoms. The minimum atomic E-state index is -0.509. The highest BCUT2D eigenvalue weighted by Crippen LogP contribution is 2.26. The van der Waals surface area contributed by atoms with Crippen LogP contribution in [0.3, 0.4) is 0 Å². The number of para-hydroxylation sites is 2. The summed E-state index contributed by atoms with van der Waals surface area (Å²) in [6.45, 7) is 2.24. The lowest BCUT2D eigenvalue weighted by Gasteiger charge is -2.35. The number of H-pyrrole nitrogens is 1. The fraction of sp³-hybridized carbons (Fsp3) is 0.310. The van der Waals surface area contributed by atoms with Crippen LogP contribution in [0.5, 0.6) is 0 Å². The molecule has 4 aromatic rings. The molecule has 0 aliphatic carbocycles. The molecule has 206 valence electrons. The molecule has 1 aliphatic heterocycles. The lowest BCUT2D eigenvalue weighted by atomic mass is 10.0. The van der Waals surface area contributed by atoms with Crippen molar-refractivity contribution in [2.75, 3.05) is 19.7 Å². The highest BCUT2D eigenvalue weighted by atomic mass is 35.5. The van der Waals surface area contributed by atoms with Crippen molar-refractivity contribution < 1.29 is 9.53 Å². The van der Waals surface area contributed by atoms with Crippen molar-refractivity contribution in [2.24, 2.45) is 0 Å². The van der Waals surface area contributed by atoms with Crippen LogP contribution in [0.25, 0.3) is 11.0 Å². The van der Waals surface area contributed by atoms with Crippen LogP contribution in [0.2, 0.25) is 10.0 Å². The molecule has 3 aromatic carbocycles. The van der Waals surface area contributed by atoms with Crippen molar-refractivity contribution in [3.05, 3.63) is 104 Å². The fourth-order valence-corrected chi connectivity index (χ4v) is 5.30. The number of carbonyl (C=O) groups is 1. The second-order valence-electron chi connectivity index (χ2n) is 9.56. The van der Waals surface area contributed by atoms with E-state index in [4.69, 9.17) is 27.9 Å². The van der Waals surface area contributed by atoms with Gasteiger partial charge in [0.2, 0.25) is 5.91 Å². The monoisotopic (exact) mass is 588 g/mol. The van der Waals surface area contributed by atoms with E-state index in [1.54, 1.807) is 12.1 Å². The molecular weight excluding hydrogens is 559 g/mol. The van der Waals surface area contributed by atoms with Crippen LogP contribution in [0.4, 0.5) is 0 Å². The zero-order valence-corrected chi connectivity index (χ0v) is 23.6. The number of aromatic nitrogens is 2. The molecule has 10 heteroatoms. The van der Waals surface area contributed by atoms with E-state index in [-0.39, 0.29) is 36.7 Å². The maximum Gasteiger partial charge on any atom is 0.326 e. The van der Waals surface area contributed by atoms with Gasteiger partial charge in [-0.2, -0.15) is 0 Å². The number of piperidine rings is 1. The van der Waals surface area contributed by atoms with Gasteiger partial charge in [0.1, 0.15) is 6.04 Å². The third-order valence-electron chi connectivity index (χ3n) is 7.00. The quantitative estimate of drug-likeness (QED) is 0.267. The van der Waals surface area contributed by atoms with Crippen molar-refractivity contribution in [2.45, 2.75) is 38.1 Å². The summed E-state index contributed by atoms with van der Waals surface area (Å²) in [4.78, 5) is 31.1. The van der Waals surface area contributed by atoms with E-state index >= 15 is 0 Å². The van der Waals surface area contributed by atoms with E-state index in [2.05, 4.69) is 10.3 Å². The van der Waals surface area contributed by atoms with Crippen LogP contribution < -0.4 is 11.0 Å². The standard InChI is InChI=1S/C29H30Cl2N4O3.ClH/c30-23-11-10-21(16-24(23)31)18-38-19-26(32-17-20-6-2-1-3-7-20)28(36)34-14-12-22(13-15-34)35-27-9-5-4-8-25(27)33-29(35)37;/h1-11,16,22,26,32H,12-15,17-19H2,(H,33,37);1H. The van der Waals surface area contributed by atoms with Gasteiger partial charge in [-0.1, -0.05) is 71.7 Å². The number of nitrogens with zero attached hydrogens (tertiary/aromatic N) is 2. The lowest BCUT2D eigenvalue weighted by molar-refractivity contribution is -0.136. The molecule has 2 heterocycles. The SMILES string of the molecule is Cl.O=C(C(COCc1ccc(Cl)c(Cl)c1)NCc1ccccc1)N1CCC(n2c(=O)[nH]c3ccccc32)CC1. The summed E-state index contributed by atoms with van der Waals surface area (Å²) in [5.41, 5.74) is 3.61. The first-order chi connectivity index (χ1) is 18.5. The van der Waals surface area contributed by atoms with Gasteiger partial charge in [0.15, 0.2) is 0 Å². The zero-order chi connectivity index (χ0) is 26.5. The van der Waals surface area contributed by atoms with Gasteiger partial charge >= 0.3 is 5.69 Å². The Morgan fingerprint density at radius 3 is 2.44 bits per heavy atom. The van der Waals surface area contributed by atoms with E-state index in [0.29, 0.717) is 49.1 Å². The van der Waals surface area contributed by atoms with Gasteiger partial charge in [-0.15, -0.1) is 12.4 Å². The summed E-state index contributed by atoms with van der Waals surface area (Å²) in [7, 11) is 0. The molecule has 2 N–H and O–H groups in total. The van der Waals surface area contributed by atoms with Crippen molar-refractivity contribution in [1.29, 1.82) is 0 Å². The number of halogens is 3. The van der Waals surface area contributed by atoms with Gasteiger partial charge in [0.25, 0.3) is 0 Å². The normalized spacial score (nSPS) is 14.8. The average molecular weight is 590 g/mol. The van der Waals surface area contributed by atoms with Gasteiger partial charge in [-0.3, -0.25) is 14.7 Å². The first-order valence-corrected chi connectivity index (χ1v) is 13.5. The number of hydrogen-bond donors (Lipinski definition) is 2. The van der Waals surface area contributed by atoms with Gasteiger partial charge in [-0.05, 0) is 48.2 Å². The third-order valence-corrected chi connectivity index (χ3v) is 7.74. The van der Waals surface area contributed by atoms with Crippen LogP contribution in [0.1, 0.15) is 30.0 Å². The number of aromatic amines is 1. The average Bonchev–Trinajstić information content (AvgIpc) is 3.28. The lowest BCUT2D eigenvalue weighted by Crippen LogP contribution is -2.51. The Kier molecular flexibility index (Phi) is 10.1. The summed E-state index contributed by atoms with van der Waals surface area (Å²) in [5.74, 6) is -0.000191. The van der Waals surface area contributed by atoms with Gasteiger partial charge < -0.3 is 14.6 Å². The number of imidazole rings is 1. The highest BCUT2D eigenvalue weighted by molar-refractivity contribution is 6.42. The van der Waals surface area contributed by atoms with Crippen LogP contribution >= 0.6 is 35.6 Å². The third kappa shape index (κ3) is 7.04. The number of benzene rings is 3. The number of amides is 1. The first-order valence-electron chi connectivity index (χ1n) is 12.8. The molecule has 5 rings (SSSR count). The summed E-state index contributed by atoms with van der Waals surface area (Å²) in [5, 5.41) is 4.35. The van der Waals surface area contributed by atoms with Crippen LogP contribution in [0.15, 0.2) is 77.6 Å². The molecule has 0 radical (unpaired) electrons. The minimum Gasteiger partial charge on any atom is -0.375 e. The number of hydrogen-bond acceptors (Lipinski definition) is 4. The van der Waals surface area contributed by atoms with Crippen molar-refractivity contribution in [3.63, 3.8) is 0 Å². The number of ether oxygens (including phenoxy) is 1. The summed E-state index contributed by atoms with van der Waals surface area (Å²) in [6.07, 6.45) is 1.42. The predicted octanol–water partition coefficient (Wildman–Crippen LogP) is 5.60. The van der Waals surface area contributed by atoms with Crippen LogP contribution in [0, 0.1) is 0 Å². The van der Waals surface area contributed by atoms with Gasteiger partial charge in [0.05, 0.1) is 34.3 Å². The van der Waals surface area contributed by atoms with E-state index in [0.717, 1.165) is 22.2 Å². The van der Waals surface area contributed by atoms with Crippen molar-refractivity contribution in [1.82, 2.24) is 19.8 Å². The Bertz CT molecular complexity index is 1450. The van der Waals surface area contributed by atoms with Crippen molar-refractivity contribution in [3.8, 4) is 0 Å². The molecule has 0 bridgehead atoms. The Morgan fingerprint density at radius 1 is 0.974 bits per heavy atom. The maximum atomic E-state index is 13.6. The molecule has 1 aromatic heterocycles. The van der Waals surface area contributed by atoms with E-state index < -0.39 is 6.04 Å². The second kappa shape index (κ2) is 13.5. The number of carbonyl (C=O) groups excluding carboxylic acids is 1. The summed E-state index contributed by atoms with van der Waals surface area (Å²) >= 11 is 12.2. The molecule has 7 nitrogen and oxygen atoms in total. The Labute approximate surface area is 243 Å². The highest BCUT2D eigenvalue weighted by Gasteiger charge is 2.30. The summed E-state index contributed by atoms with van der Waals surface area (Å²) in [6, 6.07) is 22.6. The van der Waals surface area contributed by atoms with Crippen LogP contribution in [-0.2, 0) is 22.7 Å². The summed E-state index contributed by atoms with van der Waals surface area (Å²) < 4.78 is 7.80. The molecule has 1 saturated heterocycles. The number of fused-ring (bicyclic) bond motifs is 1. The maximum absolute atomic E-state index is 13.6. The molecule has 0 spiro atoms. The Hall–Kier alpha value is -2.81. The number of rotatable bonds is 9. The molecule has 1 fully saturated rings. The smallest absolute Gasteiger partial charge is 0.326 e. The molecule has 1 amide bonds. The molecule has 0 saturated carbocycles. The first kappa shape index (κ1) is 29.2. The van der Waals surface area contributed by atoms with Crippen LogP contribution in [-0.4, -0.2) is 46.1 Å². The molecule has 1 aliphatic rings. The number of likely N-dealkylation sites (tertiary alicyclic amines) is 1. The van der Waals surface area contributed by atoms with E-state index in [9.17, 15) is 9.59 Å². The zero-order valence-electron chi connectivity index (χ0n) is 21.3. The van der Waals surface area contributed by atoms with Gasteiger partial charge in [-0.25, -0.2) is 4.79 Å². The minimum absolute atomic E-state index is 0. The molecular formula is C29H31Cl3N4O3. The fourth-order valence-electron chi connectivity index (χ4n) is 4.98. The molecule has 1 unspecified atom stereocenters. The van der Waals surface area contributed by atoms with Crippen molar-refractivity contribution >= 4 is 52.5 Å². The Morgan fingerprint density at radius 2 is 1.69 bits per heavy atom. The van der Waals surface area contributed by atoms with E-state index in [1.165, 1.54) is 0 Å². The number of nitrogens with one attached hydrogen (secondary N) is 2. The second-order valence-corrected chi connectivity index (χ2v) is 10.4. The predicted molar refractivity (Wildman–Crippen MR) is 158 cm³/mol. The molecule has 1 atom stereocenters.